The molecule has 3 aromatic rings. The molecule has 3 aromatic heterocycles. The molecule has 0 unspecified atom stereocenters. The number of fused-ring (bicyclic) bond motifs is 1. The molecule has 0 saturated carbocycles. The van der Waals surface area contributed by atoms with Crippen molar-refractivity contribution >= 4 is 16.8 Å². The van der Waals surface area contributed by atoms with E-state index in [0.717, 1.165) is 28.9 Å². The summed E-state index contributed by atoms with van der Waals surface area (Å²) in [6.07, 6.45) is 6.22. The molecule has 0 saturated heterocycles. The highest BCUT2D eigenvalue weighted by Gasteiger charge is 2.06. The number of hydrogen-bond donors (Lipinski definition) is 1. The van der Waals surface area contributed by atoms with Gasteiger partial charge in [0.25, 0.3) is 0 Å². The van der Waals surface area contributed by atoms with Gasteiger partial charge in [-0.2, -0.15) is 0 Å². The molecule has 3 rings (SSSR count). The van der Waals surface area contributed by atoms with Crippen molar-refractivity contribution in [2.45, 2.75) is 19.9 Å². The highest BCUT2D eigenvalue weighted by atomic mass is 16.3. The molecule has 3 heterocycles. The minimum absolute atomic E-state index is 0.668. The van der Waals surface area contributed by atoms with Gasteiger partial charge in [0, 0.05) is 12.4 Å². The summed E-state index contributed by atoms with van der Waals surface area (Å²) in [5, 5.41) is 4.33. The van der Waals surface area contributed by atoms with Gasteiger partial charge in [-0.1, -0.05) is 13.0 Å². The molecular weight excluding hydrogens is 238 g/mol. The Morgan fingerprint density at radius 3 is 3.00 bits per heavy atom. The highest BCUT2D eigenvalue weighted by molar-refractivity contribution is 5.87. The summed E-state index contributed by atoms with van der Waals surface area (Å²) in [6, 6.07) is 7.86. The van der Waals surface area contributed by atoms with Crippen molar-refractivity contribution in [1.82, 2.24) is 9.97 Å². The molecule has 0 fully saturated rings. The van der Waals surface area contributed by atoms with Gasteiger partial charge in [0.15, 0.2) is 0 Å². The third-order valence-electron chi connectivity index (χ3n) is 3.17. The van der Waals surface area contributed by atoms with Gasteiger partial charge >= 0.3 is 0 Å². The molecule has 96 valence electrons. The number of nitrogens with zero attached hydrogens (tertiary/aromatic N) is 2. The van der Waals surface area contributed by atoms with Crippen LogP contribution in [0.25, 0.3) is 11.0 Å². The molecule has 1 N–H and O–H groups in total. The molecule has 0 radical (unpaired) electrons. The summed E-state index contributed by atoms with van der Waals surface area (Å²) >= 11 is 0. The van der Waals surface area contributed by atoms with Gasteiger partial charge in [0.05, 0.1) is 23.9 Å². The lowest BCUT2D eigenvalue weighted by Crippen LogP contribution is -2.06. The van der Waals surface area contributed by atoms with E-state index in [0.29, 0.717) is 6.54 Å². The Morgan fingerprint density at radius 1 is 1.16 bits per heavy atom. The van der Waals surface area contributed by atoms with Crippen LogP contribution in [0.5, 0.6) is 0 Å². The maximum atomic E-state index is 5.36. The first-order valence-electron chi connectivity index (χ1n) is 6.37. The smallest absolute Gasteiger partial charge is 0.139 e. The van der Waals surface area contributed by atoms with Crippen LogP contribution >= 0.6 is 0 Å². The summed E-state index contributed by atoms with van der Waals surface area (Å²) in [5.41, 5.74) is 3.16. The summed E-state index contributed by atoms with van der Waals surface area (Å²) in [7, 11) is 0. The van der Waals surface area contributed by atoms with E-state index in [1.54, 1.807) is 12.5 Å². The molecule has 4 nitrogen and oxygen atoms in total. The molecular formula is C15H15N3O. The number of rotatable bonds is 4. The van der Waals surface area contributed by atoms with Crippen molar-refractivity contribution in [3.63, 3.8) is 0 Å². The van der Waals surface area contributed by atoms with Gasteiger partial charge in [-0.3, -0.25) is 4.98 Å². The van der Waals surface area contributed by atoms with Gasteiger partial charge < -0.3 is 9.73 Å². The maximum absolute atomic E-state index is 5.36. The quantitative estimate of drug-likeness (QED) is 0.774. The van der Waals surface area contributed by atoms with Crippen molar-refractivity contribution < 1.29 is 4.42 Å². The van der Waals surface area contributed by atoms with E-state index < -0.39 is 0 Å². The Labute approximate surface area is 111 Å². The van der Waals surface area contributed by atoms with Crippen molar-refractivity contribution in [2.24, 2.45) is 0 Å². The zero-order chi connectivity index (χ0) is 13.1. The molecule has 4 heteroatoms. The van der Waals surface area contributed by atoms with Crippen LogP contribution in [0.1, 0.15) is 18.2 Å². The van der Waals surface area contributed by atoms with Gasteiger partial charge in [-0.15, -0.1) is 0 Å². The monoisotopic (exact) mass is 253 g/mol. The molecule has 0 atom stereocenters. The van der Waals surface area contributed by atoms with Gasteiger partial charge in [0.1, 0.15) is 11.4 Å². The fourth-order valence-corrected chi connectivity index (χ4v) is 2.16. The summed E-state index contributed by atoms with van der Waals surface area (Å²) < 4.78 is 5.36. The highest BCUT2D eigenvalue weighted by Crippen LogP contribution is 2.22. The number of aromatic nitrogens is 2. The van der Waals surface area contributed by atoms with Crippen LogP contribution in [0.15, 0.2) is 47.3 Å². The van der Waals surface area contributed by atoms with Crippen LogP contribution in [-0.2, 0) is 13.0 Å². The second-order valence-electron chi connectivity index (χ2n) is 4.31. The summed E-state index contributed by atoms with van der Waals surface area (Å²) in [6.45, 7) is 2.80. The predicted octanol–water partition coefficient (Wildman–Crippen LogP) is 3.40. The standard InChI is InChI=1S/C15H15N3O/c1-2-11-4-3-7-16-13(11)10-18-15-12-6-9-19-14(12)5-8-17-15/h3-9H,2,10H2,1H3,(H,17,18). The van der Waals surface area contributed by atoms with Crippen LogP contribution in [-0.4, -0.2) is 9.97 Å². The van der Waals surface area contributed by atoms with Crippen LogP contribution < -0.4 is 5.32 Å². The van der Waals surface area contributed by atoms with Crippen LogP contribution in [0.2, 0.25) is 0 Å². The Kier molecular flexibility index (Phi) is 3.14. The topological polar surface area (TPSA) is 51.0 Å². The summed E-state index contributed by atoms with van der Waals surface area (Å²) in [4.78, 5) is 8.77. The largest absolute Gasteiger partial charge is 0.464 e. The van der Waals surface area contributed by atoms with Crippen LogP contribution in [0.3, 0.4) is 0 Å². The minimum atomic E-state index is 0.668. The summed E-state index contributed by atoms with van der Waals surface area (Å²) in [5.74, 6) is 0.832. The lowest BCUT2D eigenvalue weighted by atomic mass is 10.1. The molecule has 0 bridgehead atoms. The Balaban J connectivity index is 1.84. The van der Waals surface area contributed by atoms with E-state index in [1.165, 1.54) is 5.56 Å². The average Bonchev–Trinajstić information content (AvgIpc) is 2.94. The fraction of sp³-hybridized carbons (Fsp3) is 0.200. The molecule has 0 aromatic carbocycles. The molecule has 0 amide bonds. The van der Waals surface area contributed by atoms with Crippen molar-refractivity contribution in [1.29, 1.82) is 0 Å². The SMILES string of the molecule is CCc1cccnc1CNc1nccc2occc12. The van der Waals surface area contributed by atoms with E-state index in [4.69, 9.17) is 4.42 Å². The first-order chi connectivity index (χ1) is 9.38. The average molecular weight is 253 g/mol. The molecule has 0 spiro atoms. The molecule has 0 aliphatic rings. The van der Waals surface area contributed by atoms with Gasteiger partial charge in [0.2, 0.25) is 0 Å². The van der Waals surface area contributed by atoms with Crippen molar-refractivity contribution in [3.8, 4) is 0 Å². The fourth-order valence-electron chi connectivity index (χ4n) is 2.16. The molecule has 0 aliphatic heterocycles. The zero-order valence-corrected chi connectivity index (χ0v) is 10.8. The first-order valence-corrected chi connectivity index (χ1v) is 6.37. The minimum Gasteiger partial charge on any atom is -0.464 e. The first kappa shape index (κ1) is 11.7. The lowest BCUT2D eigenvalue weighted by Gasteiger charge is -2.09. The maximum Gasteiger partial charge on any atom is 0.139 e. The van der Waals surface area contributed by atoms with Crippen molar-refractivity contribution in [3.05, 3.63) is 54.2 Å². The second-order valence-corrected chi connectivity index (χ2v) is 4.31. The van der Waals surface area contributed by atoms with E-state index in [-0.39, 0.29) is 0 Å². The van der Waals surface area contributed by atoms with Crippen molar-refractivity contribution in [2.75, 3.05) is 5.32 Å². The van der Waals surface area contributed by atoms with E-state index in [9.17, 15) is 0 Å². The third kappa shape index (κ3) is 2.29. The number of nitrogens with one attached hydrogen (secondary N) is 1. The number of aryl methyl sites for hydroxylation is 1. The normalized spacial score (nSPS) is 10.8. The number of pyridine rings is 2. The predicted molar refractivity (Wildman–Crippen MR) is 75.0 cm³/mol. The number of anilines is 1. The lowest BCUT2D eigenvalue weighted by molar-refractivity contribution is 0.615. The molecule has 19 heavy (non-hydrogen) atoms. The van der Waals surface area contributed by atoms with E-state index in [2.05, 4.69) is 28.3 Å². The molecule has 0 aliphatic carbocycles. The Bertz CT molecular complexity index is 690. The van der Waals surface area contributed by atoms with E-state index >= 15 is 0 Å². The van der Waals surface area contributed by atoms with Gasteiger partial charge in [-0.05, 0) is 30.2 Å². The van der Waals surface area contributed by atoms with Crippen LogP contribution in [0, 0.1) is 0 Å². The number of hydrogen-bond acceptors (Lipinski definition) is 4. The zero-order valence-electron chi connectivity index (χ0n) is 10.8. The van der Waals surface area contributed by atoms with Crippen LogP contribution in [0.4, 0.5) is 5.82 Å². The second kappa shape index (κ2) is 5.10. The van der Waals surface area contributed by atoms with Gasteiger partial charge in [-0.25, -0.2) is 4.98 Å². The third-order valence-corrected chi connectivity index (χ3v) is 3.17. The Hall–Kier alpha value is -2.36. The number of furan rings is 1. The Morgan fingerprint density at radius 2 is 2.11 bits per heavy atom. The van der Waals surface area contributed by atoms with E-state index in [1.807, 2.05) is 24.4 Å².